The second kappa shape index (κ2) is 5.53. The van der Waals surface area contributed by atoms with Crippen LogP contribution in [0.25, 0.3) is 0 Å². The van der Waals surface area contributed by atoms with Crippen molar-refractivity contribution >= 4 is 0 Å². The first-order valence-electron chi connectivity index (χ1n) is 7.43. The highest BCUT2D eigenvalue weighted by atomic mass is 16.3. The maximum absolute atomic E-state index is 10.9. The van der Waals surface area contributed by atoms with Crippen molar-refractivity contribution in [3.8, 4) is 0 Å². The van der Waals surface area contributed by atoms with Gasteiger partial charge in [-0.3, -0.25) is 0 Å². The highest BCUT2D eigenvalue weighted by Gasteiger charge is 2.40. The van der Waals surface area contributed by atoms with Crippen LogP contribution in [0.2, 0.25) is 0 Å². The lowest BCUT2D eigenvalue weighted by atomic mass is 9.67. The van der Waals surface area contributed by atoms with Gasteiger partial charge in [0, 0.05) is 0 Å². The Morgan fingerprint density at radius 1 is 0.875 bits per heavy atom. The fourth-order valence-corrected chi connectivity index (χ4v) is 3.87. The number of fused-ring (bicyclic) bond motifs is 1. The van der Waals surface area contributed by atoms with E-state index >= 15 is 0 Å². The molecule has 2 rings (SSSR count). The number of aliphatic hydroxyl groups is 1. The molecule has 3 unspecified atom stereocenters. The molecule has 0 spiro atoms. The number of rotatable bonds is 0. The molecule has 2 saturated carbocycles. The van der Waals surface area contributed by atoms with Gasteiger partial charge in [-0.15, -0.1) is 0 Å². The van der Waals surface area contributed by atoms with Gasteiger partial charge in [-0.2, -0.15) is 0 Å². The molecule has 0 heterocycles. The Morgan fingerprint density at radius 2 is 1.56 bits per heavy atom. The second-order valence-corrected chi connectivity index (χ2v) is 6.35. The molecule has 1 nitrogen and oxygen atoms in total. The van der Waals surface area contributed by atoms with Crippen LogP contribution in [0.5, 0.6) is 0 Å². The Balaban J connectivity index is 2.00. The van der Waals surface area contributed by atoms with Crippen molar-refractivity contribution in [1.82, 2.24) is 0 Å². The van der Waals surface area contributed by atoms with Crippen molar-refractivity contribution in [2.75, 3.05) is 0 Å². The largest absolute Gasteiger partial charge is 0.390 e. The summed E-state index contributed by atoms with van der Waals surface area (Å²) in [5.74, 6) is 1.35. The lowest BCUT2D eigenvalue weighted by molar-refractivity contribution is -0.0754. The topological polar surface area (TPSA) is 20.2 Å². The van der Waals surface area contributed by atoms with E-state index in [0.717, 1.165) is 18.8 Å². The van der Waals surface area contributed by atoms with E-state index in [2.05, 4.69) is 6.92 Å². The summed E-state index contributed by atoms with van der Waals surface area (Å²) in [6, 6.07) is 0. The summed E-state index contributed by atoms with van der Waals surface area (Å²) in [5.41, 5.74) is -0.297. The van der Waals surface area contributed by atoms with E-state index in [1.807, 2.05) is 0 Å². The fourth-order valence-electron chi connectivity index (χ4n) is 3.87. The average Bonchev–Trinajstić information content (AvgIpc) is 2.25. The van der Waals surface area contributed by atoms with Crippen molar-refractivity contribution in [3.05, 3.63) is 0 Å². The molecule has 0 aromatic carbocycles. The molecule has 0 aromatic heterocycles. The summed E-state index contributed by atoms with van der Waals surface area (Å²) in [6.07, 6.45) is 14.2. The fraction of sp³-hybridized carbons (Fsp3) is 1.00. The molecule has 0 bridgehead atoms. The first-order valence-corrected chi connectivity index (χ1v) is 7.43. The quantitative estimate of drug-likeness (QED) is 0.651. The standard InChI is InChI=1S/C15H28O/c1-13-9-10-14-8-6-4-2-3-5-7-11-15(14,16)12-13/h13-14,16H,2-12H2,1H3. The van der Waals surface area contributed by atoms with E-state index < -0.39 is 0 Å². The highest BCUT2D eigenvalue weighted by Crippen LogP contribution is 2.43. The highest BCUT2D eigenvalue weighted by molar-refractivity contribution is 4.92. The van der Waals surface area contributed by atoms with Crippen LogP contribution in [0.15, 0.2) is 0 Å². The molecule has 3 atom stereocenters. The van der Waals surface area contributed by atoms with Crippen LogP contribution in [-0.4, -0.2) is 10.7 Å². The van der Waals surface area contributed by atoms with Crippen LogP contribution >= 0.6 is 0 Å². The van der Waals surface area contributed by atoms with Crippen LogP contribution in [0.4, 0.5) is 0 Å². The van der Waals surface area contributed by atoms with E-state index in [4.69, 9.17) is 0 Å². The summed E-state index contributed by atoms with van der Waals surface area (Å²) >= 11 is 0. The minimum atomic E-state index is -0.297. The van der Waals surface area contributed by atoms with Crippen LogP contribution in [-0.2, 0) is 0 Å². The molecule has 0 radical (unpaired) electrons. The van der Waals surface area contributed by atoms with Crippen LogP contribution in [0.3, 0.4) is 0 Å². The summed E-state index contributed by atoms with van der Waals surface area (Å²) in [6.45, 7) is 2.31. The minimum absolute atomic E-state index is 0.297. The van der Waals surface area contributed by atoms with Gasteiger partial charge >= 0.3 is 0 Å². The van der Waals surface area contributed by atoms with Crippen molar-refractivity contribution < 1.29 is 5.11 Å². The molecule has 2 fully saturated rings. The van der Waals surface area contributed by atoms with E-state index in [-0.39, 0.29) is 5.60 Å². The van der Waals surface area contributed by atoms with Crippen molar-refractivity contribution in [2.45, 2.75) is 83.2 Å². The molecule has 94 valence electrons. The Morgan fingerprint density at radius 3 is 2.38 bits per heavy atom. The predicted octanol–water partition coefficient (Wildman–Crippen LogP) is 4.29. The summed E-state index contributed by atoms with van der Waals surface area (Å²) in [5, 5.41) is 10.9. The second-order valence-electron chi connectivity index (χ2n) is 6.35. The first-order chi connectivity index (χ1) is 7.71. The van der Waals surface area contributed by atoms with E-state index in [9.17, 15) is 5.11 Å². The molecule has 2 aliphatic carbocycles. The molecule has 1 heteroatoms. The van der Waals surface area contributed by atoms with Crippen LogP contribution in [0.1, 0.15) is 77.6 Å². The minimum Gasteiger partial charge on any atom is -0.390 e. The zero-order chi connectivity index (χ0) is 11.4. The van der Waals surface area contributed by atoms with Gasteiger partial charge in [0.25, 0.3) is 0 Å². The SMILES string of the molecule is CC1CCC2CCCCCCCCC2(O)C1. The lowest BCUT2D eigenvalue weighted by Crippen LogP contribution is -2.43. The third-order valence-electron chi connectivity index (χ3n) is 4.88. The third kappa shape index (κ3) is 3.00. The van der Waals surface area contributed by atoms with Gasteiger partial charge in [-0.25, -0.2) is 0 Å². The Bertz CT molecular complexity index is 213. The molecule has 0 aromatic rings. The lowest BCUT2D eigenvalue weighted by Gasteiger charge is -2.43. The summed E-state index contributed by atoms with van der Waals surface area (Å²) in [7, 11) is 0. The summed E-state index contributed by atoms with van der Waals surface area (Å²) < 4.78 is 0. The molecule has 16 heavy (non-hydrogen) atoms. The zero-order valence-electron chi connectivity index (χ0n) is 10.9. The van der Waals surface area contributed by atoms with E-state index in [1.165, 1.54) is 57.8 Å². The first kappa shape index (κ1) is 12.4. The van der Waals surface area contributed by atoms with Gasteiger partial charge in [0.2, 0.25) is 0 Å². The smallest absolute Gasteiger partial charge is 0.0678 e. The van der Waals surface area contributed by atoms with Crippen molar-refractivity contribution in [2.24, 2.45) is 11.8 Å². The molecule has 1 N–H and O–H groups in total. The monoisotopic (exact) mass is 224 g/mol. The third-order valence-corrected chi connectivity index (χ3v) is 4.88. The molecular formula is C15H28O. The molecule has 0 amide bonds. The molecule has 0 aliphatic heterocycles. The average molecular weight is 224 g/mol. The molecule has 0 saturated heterocycles. The van der Waals surface area contributed by atoms with E-state index in [1.54, 1.807) is 0 Å². The molecule has 2 aliphatic rings. The maximum atomic E-state index is 10.9. The predicted molar refractivity (Wildman–Crippen MR) is 68.4 cm³/mol. The number of hydrogen-bond acceptors (Lipinski definition) is 1. The van der Waals surface area contributed by atoms with Crippen molar-refractivity contribution in [1.29, 1.82) is 0 Å². The summed E-state index contributed by atoms with van der Waals surface area (Å²) in [4.78, 5) is 0. The van der Waals surface area contributed by atoms with Gasteiger partial charge in [-0.1, -0.05) is 51.9 Å². The van der Waals surface area contributed by atoms with Crippen molar-refractivity contribution in [3.63, 3.8) is 0 Å². The Kier molecular flexibility index (Phi) is 4.29. The Labute approximate surface area is 101 Å². The van der Waals surface area contributed by atoms with Gasteiger partial charge < -0.3 is 5.11 Å². The van der Waals surface area contributed by atoms with Gasteiger partial charge in [0.1, 0.15) is 0 Å². The number of hydrogen-bond donors (Lipinski definition) is 1. The Hall–Kier alpha value is -0.0400. The normalized spacial score (nSPS) is 42.4. The maximum Gasteiger partial charge on any atom is 0.0678 e. The van der Waals surface area contributed by atoms with Crippen LogP contribution in [0, 0.1) is 11.8 Å². The molecular weight excluding hydrogens is 196 g/mol. The van der Waals surface area contributed by atoms with Crippen LogP contribution < -0.4 is 0 Å². The van der Waals surface area contributed by atoms with Gasteiger partial charge in [0.05, 0.1) is 5.60 Å². The van der Waals surface area contributed by atoms with E-state index in [0.29, 0.717) is 5.92 Å². The van der Waals surface area contributed by atoms with Gasteiger partial charge in [-0.05, 0) is 37.5 Å². The zero-order valence-corrected chi connectivity index (χ0v) is 10.9. The van der Waals surface area contributed by atoms with Gasteiger partial charge in [0.15, 0.2) is 0 Å².